The minimum atomic E-state index is -0.495. The first-order valence-corrected chi connectivity index (χ1v) is 7.12. The average molecular weight is 248 g/mol. The predicted molar refractivity (Wildman–Crippen MR) is 73.6 cm³/mol. The molecule has 1 aromatic rings. The molecule has 0 saturated heterocycles. The summed E-state index contributed by atoms with van der Waals surface area (Å²) < 4.78 is 5.91. The van der Waals surface area contributed by atoms with E-state index in [1.54, 1.807) is 0 Å². The van der Waals surface area contributed by atoms with E-state index in [2.05, 4.69) is 19.1 Å². The molecule has 0 radical (unpaired) electrons. The molecule has 18 heavy (non-hydrogen) atoms. The second-order valence-electron chi connectivity index (χ2n) is 5.20. The summed E-state index contributed by atoms with van der Waals surface area (Å²) in [5, 5.41) is 10.6. The van der Waals surface area contributed by atoms with Crippen LogP contribution in [0.2, 0.25) is 0 Å². The molecule has 1 atom stereocenters. The van der Waals surface area contributed by atoms with E-state index in [1.807, 2.05) is 19.1 Å². The van der Waals surface area contributed by atoms with Crippen LogP contribution in [-0.2, 0) is 11.2 Å². The van der Waals surface area contributed by atoms with Crippen molar-refractivity contribution < 1.29 is 9.84 Å². The summed E-state index contributed by atoms with van der Waals surface area (Å²) in [5.41, 5.74) is 1.95. The molecule has 1 fully saturated rings. The highest BCUT2D eigenvalue weighted by molar-refractivity contribution is 5.26. The lowest BCUT2D eigenvalue weighted by Gasteiger charge is -2.34. The quantitative estimate of drug-likeness (QED) is 0.862. The van der Waals surface area contributed by atoms with Gasteiger partial charge in [-0.2, -0.15) is 0 Å². The lowest BCUT2D eigenvalue weighted by Crippen LogP contribution is -2.36. The van der Waals surface area contributed by atoms with E-state index in [0.29, 0.717) is 6.61 Å². The Hall–Kier alpha value is -0.860. The first kappa shape index (κ1) is 13.6. The van der Waals surface area contributed by atoms with Crippen LogP contribution in [0.1, 0.15) is 56.8 Å². The number of ether oxygens (including phenoxy) is 1. The van der Waals surface area contributed by atoms with Gasteiger partial charge in [-0.15, -0.1) is 0 Å². The van der Waals surface area contributed by atoms with Gasteiger partial charge in [0.25, 0.3) is 0 Å². The molecular weight excluding hydrogens is 224 g/mol. The van der Waals surface area contributed by atoms with E-state index in [4.69, 9.17) is 4.74 Å². The highest BCUT2D eigenvalue weighted by Gasteiger charge is 2.42. The zero-order valence-corrected chi connectivity index (χ0v) is 11.5. The van der Waals surface area contributed by atoms with E-state index in [1.165, 1.54) is 5.56 Å². The zero-order chi connectivity index (χ0) is 13.0. The number of benzene rings is 1. The summed E-state index contributed by atoms with van der Waals surface area (Å²) in [6.45, 7) is 4.82. The lowest BCUT2D eigenvalue weighted by atomic mass is 9.88. The van der Waals surface area contributed by atoms with E-state index in [-0.39, 0.29) is 5.60 Å². The Morgan fingerprint density at radius 3 is 2.28 bits per heavy atom. The Bertz CT molecular complexity index is 363. The van der Waals surface area contributed by atoms with Gasteiger partial charge in [-0.1, -0.05) is 44.0 Å². The van der Waals surface area contributed by atoms with Crippen LogP contribution < -0.4 is 0 Å². The van der Waals surface area contributed by atoms with Gasteiger partial charge >= 0.3 is 0 Å². The fraction of sp³-hybridized carbons (Fsp3) is 0.625. The van der Waals surface area contributed by atoms with Crippen molar-refractivity contribution in [2.24, 2.45) is 0 Å². The van der Waals surface area contributed by atoms with Crippen molar-refractivity contribution >= 4 is 0 Å². The van der Waals surface area contributed by atoms with Gasteiger partial charge < -0.3 is 9.84 Å². The molecule has 0 bridgehead atoms. The predicted octanol–water partition coefficient (Wildman–Crippen LogP) is 3.63. The van der Waals surface area contributed by atoms with Gasteiger partial charge in [0.05, 0.1) is 5.60 Å². The molecule has 0 amide bonds. The molecule has 0 spiro atoms. The fourth-order valence-corrected chi connectivity index (χ4v) is 3.00. The Morgan fingerprint density at radius 2 is 1.78 bits per heavy atom. The maximum absolute atomic E-state index is 10.6. The molecule has 1 aliphatic carbocycles. The van der Waals surface area contributed by atoms with Gasteiger partial charge in [0.2, 0.25) is 0 Å². The number of rotatable bonds is 5. The largest absolute Gasteiger partial charge is 0.385 e. The number of aliphatic hydroxyl groups excluding tert-OH is 1. The van der Waals surface area contributed by atoms with Crippen molar-refractivity contribution in [3.63, 3.8) is 0 Å². The molecule has 1 N–H and O–H groups in total. The van der Waals surface area contributed by atoms with Crippen LogP contribution in [0.25, 0.3) is 0 Å². The van der Waals surface area contributed by atoms with Gasteiger partial charge in [0, 0.05) is 6.61 Å². The molecule has 0 heterocycles. The highest BCUT2D eigenvalue weighted by Crippen LogP contribution is 2.42. The molecule has 0 aliphatic heterocycles. The normalized spacial score (nSPS) is 19.9. The van der Waals surface area contributed by atoms with Gasteiger partial charge in [0.1, 0.15) is 6.10 Å². The summed E-state index contributed by atoms with van der Waals surface area (Å²) in [4.78, 5) is 0. The van der Waals surface area contributed by atoms with Crippen LogP contribution >= 0.6 is 0 Å². The lowest BCUT2D eigenvalue weighted by molar-refractivity contribution is -0.118. The molecule has 2 rings (SSSR count). The molecule has 2 nitrogen and oxygen atoms in total. The van der Waals surface area contributed by atoms with Gasteiger partial charge in [-0.25, -0.2) is 0 Å². The topological polar surface area (TPSA) is 29.5 Å². The summed E-state index contributed by atoms with van der Waals surface area (Å²) in [6.07, 6.45) is 4.79. The number of aryl methyl sites for hydroxylation is 1. The van der Waals surface area contributed by atoms with Crippen LogP contribution in [0.4, 0.5) is 0 Å². The third-order valence-corrected chi connectivity index (χ3v) is 4.08. The van der Waals surface area contributed by atoms with Crippen molar-refractivity contribution in [1.29, 1.82) is 0 Å². The standard InChI is InChI=1S/C16H24O2/c1-3-13-7-9-14(10-8-13)15(17)16(18-4-2)11-5-6-12-16/h7-10,15,17H,3-6,11-12H2,1-2H3. The Morgan fingerprint density at radius 1 is 1.17 bits per heavy atom. The Labute approximate surface area is 110 Å². The summed E-state index contributed by atoms with van der Waals surface area (Å²) >= 11 is 0. The number of hydrogen-bond donors (Lipinski definition) is 1. The van der Waals surface area contributed by atoms with E-state index in [0.717, 1.165) is 37.7 Å². The van der Waals surface area contributed by atoms with Gasteiger partial charge in [-0.05, 0) is 37.3 Å². The maximum atomic E-state index is 10.6. The molecule has 1 saturated carbocycles. The van der Waals surface area contributed by atoms with Crippen LogP contribution in [0, 0.1) is 0 Å². The monoisotopic (exact) mass is 248 g/mol. The third-order valence-electron chi connectivity index (χ3n) is 4.08. The molecule has 1 aromatic carbocycles. The maximum Gasteiger partial charge on any atom is 0.108 e. The van der Waals surface area contributed by atoms with E-state index in [9.17, 15) is 5.11 Å². The smallest absolute Gasteiger partial charge is 0.108 e. The Kier molecular flexibility index (Phi) is 4.41. The molecule has 100 valence electrons. The highest BCUT2D eigenvalue weighted by atomic mass is 16.5. The van der Waals surface area contributed by atoms with Crippen molar-refractivity contribution in [2.45, 2.75) is 57.7 Å². The molecule has 1 unspecified atom stereocenters. The molecule has 2 heteroatoms. The van der Waals surface area contributed by atoms with Crippen molar-refractivity contribution in [2.75, 3.05) is 6.61 Å². The third kappa shape index (κ3) is 2.60. The van der Waals surface area contributed by atoms with Crippen LogP contribution in [0.5, 0.6) is 0 Å². The summed E-state index contributed by atoms with van der Waals surface area (Å²) in [6, 6.07) is 8.30. The number of hydrogen-bond acceptors (Lipinski definition) is 2. The zero-order valence-electron chi connectivity index (χ0n) is 11.5. The van der Waals surface area contributed by atoms with Crippen molar-refractivity contribution in [3.05, 3.63) is 35.4 Å². The van der Waals surface area contributed by atoms with Crippen molar-refractivity contribution in [3.8, 4) is 0 Å². The molecule has 0 aromatic heterocycles. The second kappa shape index (κ2) is 5.85. The fourth-order valence-electron chi connectivity index (χ4n) is 3.00. The van der Waals surface area contributed by atoms with Crippen LogP contribution in [0.15, 0.2) is 24.3 Å². The minimum Gasteiger partial charge on any atom is -0.385 e. The first-order valence-electron chi connectivity index (χ1n) is 7.12. The van der Waals surface area contributed by atoms with Gasteiger partial charge in [-0.3, -0.25) is 0 Å². The van der Waals surface area contributed by atoms with Crippen LogP contribution in [0.3, 0.4) is 0 Å². The average Bonchev–Trinajstić information content (AvgIpc) is 2.88. The molecule has 1 aliphatic rings. The first-order chi connectivity index (χ1) is 8.72. The van der Waals surface area contributed by atoms with E-state index < -0.39 is 6.10 Å². The van der Waals surface area contributed by atoms with Gasteiger partial charge in [0.15, 0.2) is 0 Å². The number of aliphatic hydroxyl groups is 1. The molecular formula is C16H24O2. The summed E-state index contributed by atoms with van der Waals surface area (Å²) in [7, 11) is 0. The van der Waals surface area contributed by atoms with Crippen LogP contribution in [-0.4, -0.2) is 17.3 Å². The van der Waals surface area contributed by atoms with Crippen molar-refractivity contribution in [1.82, 2.24) is 0 Å². The second-order valence-corrected chi connectivity index (χ2v) is 5.20. The summed E-state index contributed by atoms with van der Waals surface area (Å²) in [5.74, 6) is 0. The van der Waals surface area contributed by atoms with E-state index >= 15 is 0 Å². The Balaban J connectivity index is 2.19. The SMILES string of the molecule is CCOC1(C(O)c2ccc(CC)cc2)CCCC1. The minimum absolute atomic E-state index is 0.345.